The number of thiophene rings is 3. The Hall–Kier alpha value is -14.6. The highest BCUT2D eigenvalue weighted by Gasteiger charge is 2.72. The minimum atomic E-state index is -0.458. The monoisotopic (exact) mass is 1670 g/mol. The second kappa shape index (κ2) is 22.1. The fourth-order valence-corrected chi connectivity index (χ4v) is 34.1. The average Bonchev–Trinajstić information content (AvgIpc) is 1.31. The van der Waals surface area contributed by atoms with Crippen LogP contribution >= 0.6 is 34.0 Å². The molecule has 19 aromatic carbocycles. The zero-order chi connectivity index (χ0) is 82.3. The molecule has 128 heavy (non-hydrogen) atoms. The van der Waals surface area contributed by atoms with Gasteiger partial charge in [0.25, 0.3) is 0 Å². The minimum absolute atomic E-state index is 0.388. The van der Waals surface area contributed by atoms with Gasteiger partial charge < -0.3 is 8.98 Å². The van der Waals surface area contributed by atoms with Crippen LogP contribution in [0.1, 0.15) is 134 Å². The van der Waals surface area contributed by atoms with Gasteiger partial charge in [-0.05, 0) is 270 Å². The summed E-state index contributed by atoms with van der Waals surface area (Å²) in [6.45, 7) is 0. The molecule has 36 rings (SSSR count). The lowest BCUT2D eigenvalue weighted by Crippen LogP contribution is -2.57. The summed E-state index contributed by atoms with van der Waals surface area (Å²) in [5, 5.41) is 14.0. The topological polar surface area (TPSA) is 18.1 Å². The molecule has 24 aromatic rings. The lowest BCUT2D eigenvalue weighted by molar-refractivity contribution is 0.412. The molecule has 5 aromatic heterocycles. The van der Waals surface area contributed by atoms with Crippen LogP contribution in [0, 0.1) is 0 Å². The van der Waals surface area contributed by atoms with E-state index in [-0.39, 0.29) is 10.8 Å². The van der Waals surface area contributed by atoms with Crippen molar-refractivity contribution in [2.45, 2.75) is 51.8 Å². The van der Waals surface area contributed by atoms with E-state index in [1.165, 1.54) is 277 Å². The van der Waals surface area contributed by atoms with Gasteiger partial charge in [0, 0.05) is 87.7 Å². The number of benzene rings is 19. The highest BCUT2D eigenvalue weighted by atomic mass is 32.1. The molecular weight excluding hydrogens is 1600 g/mol. The van der Waals surface area contributed by atoms with Crippen molar-refractivity contribution in [2.75, 3.05) is 0 Å². The Bertz CT molecular complexity index is 8930. The first-order valence-electron chi connectivity index (χ1n) is 45.4. The standard InChI is InChI=1S/C45H25NS.C39H20OS.C39H22S/c1-2-12-27(13-3-1)46-34-20-6-16-30-40(34)41-31(17-7-21-35(41)46)45-29-15-5-11-26-24-25-10-4-14-28(38(25)39(26)29)44(30,45)32-18-8-22-36-42(32)43-33(45)19-9-23-37(43)47-36;1-7-20-19-21-8-2-10-23-33(21)32(20)22(9-1)38-24-11-3-15-28-34(24)35-25(12-4-16-29(35)40-28)39(23,38)27-14-6-18-31-37(27)36-26(38)13-5-17-30(36)41-31;1-3-13-26-24(11-1)25-12-2-4-14-27(25)39-29-16-6-10-23-21-22-9-5-15-28(34(22)35(23)29)38(26,39)30-17-7-19-32-36(30)37-31(39)18-8-20-33(37)40-32/h1-23H,24H2;1-18H,19H2;1-20H,21H2. The first kappa shape index (κ1) is 66.9. The van der Waals surface area contributed by atoms with Gasteiger partial charge in [-0.25, -0.2) is 0 Å². The predicted molar refractivity (Wildman–Crippen MR) is 528 cm³/mol. The normalized spacial score (nSPS) is 21.2. The second-order valence-corrected chi connectivity index (χ2v) is 41.3. The maximum absolute atomic E-state index is 6.68. The summed E-state index contributed by atoms with van der Waals surface area (Å²) < 4.78 is 17.5. The molecule has 0 fully saturated rings. The van der Waals surface area contributed by atoms with Crippen molar-refractivity contribution in [1.29, 1.82) is 0 Å². The van der Waals surface area contributed by atoms with E-state index >= 15 is 0 Å². The van der Waals surface area contributed by atoms with Gasteiger partial charge in [0.15, 0.2) is 0 Å². The maximum atomic E-state index is 6.68. The van der Waals surface area contributed by atoms with Crippen molar-refractivity contribution in [3.8, 4) is 50.2 Å². The Balaban J connectivity index is 0.0000000871. The van der Waals surface area contributed by atoms with Crippen LogP contribution in [-0.4, -0.2) is 4.57 Å². The van der Waals surface area contributed by atoms with Crippen LogP contribution in [0.3, 0.4) is 0 Å². The second-order valence-electron chi connectivity index (χ2n) is 38.1. The van der Waals surface area contributed by atoms with Gasteiger partial charge in [-0.1, -0.05) is 297 Å². The molecule has 0 saturated heterocycles. The number of hydrogen-bond donors (Lipinski definition) is 0. The summed E-state index contributed by atoms with van der Waals surface area (Å²) in [4.78, 5) is 0. The van der Waals surface area contributed by atoms with E-state index in [1.54, 1.807) is 0 Å². The number of para-hydroxylation sites is 1. The van der Waals surface area contributed by atoms with Crippen molar-refractivity contribution in [3.63, 3.8) is 0 Å². The smallest absolute Gasteiger partial charge is 0.135 e. The van der Waals surface area contributed by atoms with Gasteiger partial charge in [-0.3, -0.25) is 0 Å². The quantitative estimate of drug-likeness (QED) is 0.160. The third-order valence-electron chi connectivity index (χ3n) is 33.8. The van der Waals surface area contributed by atoms with Crippen molar-refractivity contribution in [1.82, 2.24) is 4.57 Å². The third kappa shape index (κ3) is 6.70. The SMILES string of the molecule is c1cc2c3c(c1)C14c5cccc6oc7cccc(c7c56)C1(c1cccc(c1-3)C2)c1cccc2sc3cccc4c3c12.c1ccc(-n2c3cccc4c3c3c(cccc32)C23c5cccc6c5-c5c(cccc5C42c2cccc4sc5cccc3c5c24)C6)cc1.c1ccc2c(c1)-c1ccccc1C13c4cccc5c4-c4c(cccc4C21c1cccc2sc4cccc3c4c12)C5. The molecule has 12 aliphatic carbocycles. The average molecular weight is 1670 g/mol. The van der Waals surface area contributed by atoms with Crippen molar-refractivity contribution >= 4 is 138 Å². The first-order chi connectivity index (χ1) is 63.5. The summed E-state index contributed by atoms with van der Waals surface area (Å²) in [6, 6.07) is 143. The Morgan fingerprint density at radius 2 is 0.398 bits per heavy atom. The minimum Gasteiger partial charge on any atom is -0.456 e. The van der Waals surface area contributed by atoms with E-state index in [0.717, 1.165) is 30.4 Å². The lowest BCUT2D eigenvalue weighted by atomic mass is 9.39. The number of aromatic nitrogens is 1. The van der Waals surface area contributed by atoms with E-state index in [1.807, 2.05) is 34.0 Å². The summed E-state index contributed by atoms with van der Waals surface area (Å²) in [5.74, 6) is 0. The Labute approximate surface area is 746 Å². The fraction of sp³-hybridized carbons (Fsp3) is 0.0732. The van der Waals surface area contributed by atoms with Crippen LogP contribution < -0.4 is 0 Å². The van der Waals surface area contributed by atoms with Crippen LogP contribution in [0.5, 0.6) is 0 Å². The molecule has 0 saturated carbocycles. The lowest BCUT2D eigenvalue weighted by Gasteiger charge is -2.61. The fourth-order valence-electron chi connectivity index (χ4n) is 30.6. The predicted octanol–water partition coefficient (Wildman–Crippen LogP) is 30.5. The zero-order valence-electron chi connectivity index (χ0n) is 68.9. The number of hydrogen-bond acceptors (Lipinski definition) is 4. The Morgan fingerprint density at radius 3 is 0.695 bits per heavy atom. The largest absolute Gasteiger partial charge is 0.456 e. The Kier molecular flexibility index (Phi) is 11.5. The number of rotatable bonds is 1. The molecule has 5 heteroatoms. The zero-order valence-corrected chi connectivity index (χ0v) is 71.4. The molecule has 5 heterocycles. The number of nitrogens with zero attached hydrogens (tertiary/aromatic N) is 1. The van der Waals surface area contributed by atoms with Crippen LogP contribution in [-0.2, 0) is 51.8 Å². The molecule has 6 atom stereocenters. The van der Waals surface area contributed by atoms with Crippen molar-refractivity contribution in [2.24, 2.45) is 0 Å². The maximum Gasteiger partial charge on any atom is 0.135 e. The number of furan rings is 1. The first-order valence-corrected chi connectivity index (χ1v) is 47.8. The highest BCUT2D eigenvalue weighted by Crippen LogP contribution is 2.80. The van der Waals surface area contributed by atoms with Crippen LogP contribution in [0.4, 0.5) is 0 Å². The molecule has 0 aliphatic heterocycles. The van der Waals surface area contributed by atoms with Gasteiger partial charge in [0.2, 0.25) is 0 Å². The van der Waals surface area contributed by atoms with Crippen LogP contribution in [0.15, 0.2) is 374 Å². The van der Waals surface area contributed by atoms with Gasteiger partial charge in [-0.2, -0.15) is 0 Å². The molecule has 2 nitrogen and oxygen atoms in total. The van der Waals surface area contributed by atoms with Crippen LogP contribution in [0.25, 0.3) is 154 Å². The molecule has 0 N–H and O–H groups in total. The summed E-state index contributed by atoms with van der Waals surface area (Å²) in [7, 11) is 0. The molecule has 0 amide bonds. The molecular formula is C123H67NOS3. The summed E-state index contributed by atoms with van der Waals surface area (Å²) >= 11 is 5.86. The van der Waals surface area contributed by atoms with E-state index in [9.17, 15) is 0 Å². The van der Waals surface area contributed by atoms with Crippen molar-refractivity contribution < 1.29 is 4.42 Å². The molecule has 0 spiro atoms. The third-order valence-corrected chi connectivity index (χ3v) is 37.2. The van der Waals surface area contributed by atoms with E-state index in [0.29, 0.717) is 0 Å². The van der Waals surface area contributed by atoms with Crippen LogP contribution in [0.2, 0.25) is 0 Å². The molecule has 12 aliphatic rings. The molecule has 0 bridgehead atoms. The summed E-state index contributed by atoms with van der Waals surface area (Å²) in [6.07, 6.45) is 3.00. The van der Waals surface area contributed by atoms with Gasteiger partial charge in [-0.15, -0.1) is 34.0 Å². The van der Waals surface area contributed by atoms with E-state index < -0.39 is 21.7 Å². The number of fused-ring (bicyclic) bond motifs is 3. The molecule has 6 unspecified atom stereocenters. The molecule has 588 valence electrons. The highest BCUT2D eigenvalue weighted by molar-refractivity contribution is 7.26. The van der Waals surface area contributed by atoms with Gasteiger partial charge >= 0.3 is 0 Å². The Morgan fingerprint density at radius 1 is 0.180 bits per heavy atom. The van der Waals surface area contributed by atoms with Crippen molar-refractivity contribution in [3.05, 3.63) is 504 Å². The molecule has 0 radical (unpaired) electrons. The van der Waals surface area contributed by atoms with E-state index in [2.05, 4.69) is 375 Å². The summed E-state index contributed by atoms with van der Waals surface area (Å²) in [5.41, 5.74) is 49.6. The van der Waals surface area contributed by atoms with Gasteiger partial charge in [0.1, 0.15) is 11.2 Å². The van der Waals surface area contributed by atoms with Gasteiger partial charge in [0.05, 0.1) is 43.5 Å². The van der Waals surface area contributed by atoms with E-state index in [4.69, 9.17) is 4.42 Å².